The van der Waals surface area contributed by atoms with Crippen molar-refractivity contribution in [3.05, 3.63) is 65.2 Å². The quantitative estimate of drug-likeness (QED) is 0.884. The monoisotopic (exact) mass is 331 g/mol. The first kappa shape index (κ1) is 16.0. The highest BCUT2D eigenvalue weighted by molar-refractivity contribution is 7.90. The van der Waals surface area contributed by atoms with Gasteiger partial charge in [-0.15, -0.1) is 0 Å². The van der Waals surface area contributed by atoms with E-state index in [1.165, 1.54) is 11.8 Å². The van der Waals surface area contributed by atoms with Gasteiger partial charge in [0.05, 0.1) is 12.4 Å². The van der Waals surface area contributed by atoms with E-state index in [4.69, 9.17) is 4.74 Å². The van der Waals surface area contributed by atoms with Crippen LogP contribution in [0.1, 0.15) is 22.7 Å². The van der Waals surface area contributed by atoms with Gasteiger partial charge in [0.2, 0.25) is 0 Å². The lowest BCUT2D eigenvalue weighted by Gasteiger charge is -2.18. The molecule has 5 heteroatoms. The van der Waals surface area contributed by atoms with Gasteiger partial charge in [-0.2, -0.15) is 0 Å². The summed E-state index contributed by atoms with van der Waals surface area (Å²) in [6.45, 7) is 1.37. The number of benzene rings is 2. The van der Waals surface area contributed by atoms with Crippen LogP contribution in [0.5, 0.6) is 5.75 Å². The average Bonchev–Trinajstić information content (AvgIpc) is 2.99. The van der Waals surface area contributed by atoms with Gasteiger partial charge in [0.1, 0.15) is 15.6 Å². The molecule has 3 rings (SSSR count). The zero-order chi connectivity index (χ0) is 16.3. The minimum atomic E-state index is -3.07. The minimum Gasteiger partial charge on any atom is -0.493 e. The van der Waals surface area contributed by atoms with E-state index in [0.29, 0.717) is 6.54 Å². The molecule has 0 aromatic heterocycles. The number of rotatable bonds is 6. The van der Waals surface area contributed by atoms with Crippen molar-refractivity contribution in [2.75, 3.05) is 18.6 Å². The number of sulfone groups is 1. The predicted octanol–water partition coefficient (Wildman–Crippen LogP) is 2.50. The molecule has 0 bridgehead atoms. The molecule has 122 valence electrons. The number of fused-ring (bicyclic) bond motifs is 1. The molecule has 1 atom stereocenters. The average molecular weight is 331 g/mol. The highest BCUT2D eigenvalue weighted by atomic mass is 32.2. The molecule has 0 saturated carbocycles. The SMILES string of the molecule is CS(=O)(=O)C[C@@H](NCc1ccc2c(c1)CCO2)c1ccccc1. The number of hydrogen-bond donors (Lipinski definition) is 1. The summed E-state index contributed by atoms with van der Waals surface area (Å²) in [4.78, 5) is 0. The van der Waals surface area contributed by atoms with Gasteiger partial charge in [-0.25, -0.2) is 8.42 Å². The lowest BCUT2D eigenvalue weighted by Crippen LogP contribution is -2.27. The topological polar surface area (TPSA) is 55.4 Å². The maximum atomic E-state index is 11.7. The fourth-order valence-corrected chi connectivity index (χ4v) is 3.77. The zero-order valence-corrected chi connectivity index (χ0v) is 14.0. The van der Waals surface area contributed by atoms with E-state index < -0.39 is 9.84 Å². The Kier molecular flexibility index (Phi) is 4.68. The minimum absolute atomic E-state index is 0.0884. The highest BCUT2D eigenvalue weighted by Gasteiger charge is 2.17. The van der Waals surface area contributed by atoms with E-state index in [2.05, 4.69) is 11.4 Å². The first-order chi connectivity index (χ1) is 11.0. The van der Waals surface area contributed by atoms with Crippen molar-refractivity contribution in [3.63, 3.8) is 0 Å². The molecule has 1 N–H and O–H groups in total. The molecule has 0 saturated heterocycles. The maximum absolute atomic E-state index is 11.7. The molecule has 0 radical (unpaired) electrons. The van der Waals surface area contributed by atoms with E-state index in [-0.39, 0.29) is 11.8 Å². The van der Waals surface area contributed by atoms with Crippen LogP contribution in [0.25, 0.3) is 0 Å². The van der Waals surface area contributed by atoms with E-state index in [1.54, 1.807) is 0 Å². The predicted molar refractivity (Wildman–Crippen MR) is 91.4 cm³/mol. The van der Waals surface area contributed by atoms with Crippen LogP contribution in [0, 0.1) is 0 Å². The smallest absolute Gasteiger partial charge is 0.149 e. The third-order valence-corrected chi connectivity index (χ3v) is 4.92. The van der Waals surface area contributed by atoms with E-state index in [9.17, 15) is 8.42 Å². The lowest BCUT2D eigenvalue weighted by molar-refractivity contribution is 0.357. The van der Waals surface area contributed by atoms with Crippen LogP contribution >= 0.6 is 0 Å². The second kappa shape index (κ2) is 6.72. The molecular formula is C18H21NO3S. The van der Waals surface area contributed by atoms with Gasteiger partial charge in [0, 0.05) is 25.3 Å². The van der Waals surface area contributed by atoms with Crippen molar-refractivity contribution >= 4 is 9.84 Å². The van der Waals surface area contributed by atoms with E-state index in [1.807, 2.05) is 42.5 Å². The number of ether oxygens (including phenoxy) is 1. The third kappa shape index (κ3) is 4.33. The molecule has 1 heterocycles. The van der Waals surface area contributed by atoms with Crippen molar-refractivity contribution in [2.45, 2.75) is 19.0 Å². The van der Waals surface area contributed by atoms with Gasteiger partial charge in [-0.1, -0.05) is 42.5 Å². The highest BCUT2D eigenvalue weighted by Crippen LogP contribution is 2.26. The van der Waals surface area contributed by atoms with Crippen LogP contribution in [0.3, 0.4) is 0 Å². The lowest BCUT2D eigenvalue weighted by atomic mass is 10.1. The molecule has 1 aliphatic rings. The van der Waals surface area contributed by atoms with Crippen molar-refractivity contribution in [3.8, 4) is 5.75 Å². The summed E-state index contributed by atoms with van der Waals surface area (Å²) < 4.78 is 29.0. The Hall–Kier alpha value is -1.85. The van der Waals surface area contributed by atoms with Crippen LogP contribution in [-0.4, -0.2) is 27.0 Å². The summed E-state index contributed by atoms with van der Waals surface area (Å²) in [7, 11) is -3.07. The molecule has 0 fully saturated rings. The van der Waals surface area contributed by atoms with Crippen molar-refractivity contribution in [2.24, 2.45) is 0 Å². The van der Waals surface area contributed by atoms with E-state index in [0.717, 1.165) is 29.9 Å². The zero-order valence-electron chi connectivity index (χ0n) is 13.2. The summed E-state index contributed by atoms with van der Waals surface area (Å²) >= 11 is 0. The van der Waals surface area contributed by atoms with Crippen molar-refractivity contribution in [1.82, 2.24) is 5.32 Å². The molecule has 4 nitrogen and oxygen atoms in total. The summed E-state index contributed by atoms with van der Waals surface area (Å²) in [5.74, 6) is 1.05. The molecule has 0 amide bonds. The third-order valence-electron chi connectivity index (χ3n) is 3.98. The molecule has 1 aliphatic heterocycles. The number of nitrogens with one attached hydrogen (secondary N) is 1. The first-order valence-electron chi connectivity index (χ1n) is 7.72. The standard InChI is InChI=1S/C18H21NO3S/c1-23(20,21)13-17(15-5-3-2-4-6-15)19-12-14-7-8-18-16(11-14)9-10-22-18/h2-8,11,17,19H,9-10,12-13H2,1H3/t17-/m1/s1. The molecule has 0 aliphatic carbocycles. The Morgan fingerprint density at radius 2 is 1.96 bits per heavy atom. The fourth-order valence-electron chi connectivity index (χ4n) is 2.85. The van der Waals surface area contributed by atoms with Gasteiger partial charge in [0.15, 0.2) is 0 Å². The Balaban J connectivity index is 1.74. The Bertz CT molecular complexity index is 772. The Morgan fingerprint density at radius 3 is 2.70 bits per heavy atom. The van der Waals surface area contributed by atoms with Crippen LogP contribution in [0.15, 0.2) is 48.5 Å². The molecule has 0 unspecified atom stereocenters. The van der Waals surface area contributed by atoms with Gasteiger partial charge in [0.25, 0.3) is 0 Å². The summed E-state index contributed by atoms with van der Waals surface area (Å²) in [5.41, 5.74) is 3.36. The molecule has 23 heavy (non-hydrogen) atoms. The van der Waals surface area contributed by atoms with Crippen LogP contribution in [-0.2, 0) is 22.8 Å². The normalized spacial score (nSPS) is 15.0. The summed E-state index contributed by atoms with van der Waals surface area (Å²) in [6.07, 6.45) is 2.21. The maximum Gasteiger partial charge on any atom is 0.149 e. The van der Waals surface area contributed by atoms with Crippen LogP contribution in [0.4, 0.5) is 0 Å². The second-order valence-electron chi connectivity index (χ2n) is 5.98. The van der Waals surface area contributed by atoms with Gasteiger partial charge in [-0.05, 0) is 22.8 Å². The molecular weight excluding hydrogens is 310 g/mol. The number of hydrogen-bond acceptors (Lipinski definition) is 4. The molecule has 2 aromatic rings. The van der Waals surface area contributed by atoms with Gasteiger partial charge < -0.3 is 10.1 Å². The largest absolute Gasteiger partial charge is 0.493 e. The second-order valence-corrected chi connectivity index (χ2v) is 8.16. The van der Waals surface area contributed by atoms with Crippen molar-refractivity contribution in [1.29, 1.82) is 0 Å². The molecule has 2 aromatic carbocycles. The van der Waals surface area contributed by atoms with Crippen LogP contribution in [0.2, 0.25) is 0 Å². The fraction of sp³-hybridized carbons (Fsp3) is 0.333. The molecule has 0 spiro atoms. The summed E-state index contributed by atoms with van der Waals surface area (Å²) in [6, 6.07) is 15.7. The Labute approximate surface area is 137 Å². The summed E-state index contributed by atoms with van der Waals surface area (Å²) in [5, 5.41) is 3.38. The van der Waals surface area contributed by atoms with Gasteiger partial charge >= 0.3 is 0 Å². The Morgan fingerprint density at radius 1 is 1.17 bits per heavy atom. The first-order valence-corrected chi connectivity index (χ1v) is 9.78. The van der Waals surface area contributed by atoms with E-state index >= 15 is 0 Å². The van der Waals surface area contributed by atoms with Crippen molar-refractivity contribution < 1.29 is 13.2 Å². The van der Waals surface area contributed by atoms with Crippen LogP contribution < -0.4 is 10.1 Å². The van der Waals surface area contributed by atoms with Gasteiger partial charge in [-0.3, -0.25) is 0 Å².